The van der Waals surface area contributed by atoms with Crippen LogP contribution in [0.1, 0.15) is 18.4 Å². The number of carbonyl (C=O) groups excluding carboxylic acids is 1. The van der Waals surface area contributed by atoms with E-state index in [4.69, 9.17) is 5.73 Å². The number of benzene rings is 1. The molecule has 0 spiro atoms. The van der Waals surface area contributed by atoms with Gasteiger partial charge in [-0.05, 0) is 50.6 Å². The molecule has 4 N–H and O–H groups in total. The molecule has 1 aromatic heterocycles. The molecule has 2 heterocycles. The van der Waals surface area contributed by atoms with Gasteiger partial charge < -0.3 is 26.2 Å². The van der Waals surface area contributed by atoms with Crippen molar-refractivity contribution in [2.24, 2.45) is 11.7 Å². The number of halogens is 1. The lowest BCUT2D eigenvalue weighted by Gasteiger charge is -2.35. The molecule has 0 radical (unpaired) electrons. The van der Waals surface area contributed by atoms with Gasteiger partial charge in [0, 0.05) is 43.6 Å². The first-order valence-electron chi connectivity index (χ1n) is 11.0. The maximum absolute atomic E-state index is 14.4. The fraction of sp³-hybridized carbons (Fsp3) is 0.435. The minimum absolute atomic E-state index is 0.0554. The lowest BCUT2D eigenvalue weighted by molar-refractivity contribution is -0.122. The van der Waals surface area contributed by atoms with Crippen molar-refractivity contribution in [3.8, 4) is 0 Å². The van der Waals surface area contributed by atoms with Crippen LogP contribution >= 0.6 is 0 Å². The number of aryl methyl sites for hydroxylation is 1. The van der Waals surface area contributed by atoms with Crippen LogP contribution in [-0.4, -0.2) is 60.0 Å². The third-order valence-corrected chi connectivity index (χ3v) is 6.16. The normalized spacial score (nSPS) is 21.4. The molecule has 0 saturated carbocycles. The maximum atomic E-state index is 14.4. The summed E-state index contributed by atoms with van der Waals surface area (Å²) in [6.07, 6.45) is 6.11. The van der Waals surface area contributed by atoms with E-state index < -0.39 is 17.6 Å². The topological polar surface area (TPSA) is 99.4 Å². The Labute approximate surface area is 187 Å². The number of aromatic nitrogens is 2. The highest BCUT2D eigenvalue weighted by atomic mass is 19.1. The van der Waals surface area contributed by atoms with Crippen molar-refractivity contribution in [1.29, 1.82) is 0 Å². The van der Waals surface area contributed by atoms with Crippen molar-refractivity contribution in [3.05, 3.63) is 47.9 Å². The number of piperazine rings is 1. The summed E-state index contributed by atoms with van der Waals surface area (Å²) in [6.45, 7) is 6.18. The van der Waals surface area contributed by atoms with E-state index in [-0.39, 0.29) is 17.8 Å². The van der Waals surface area contributed by atoms with Crippen molar-refractivity contribution in [2.75, 3.05) is 48.8 Å². The van der Waals surface area contributed by atoms with E-state index in [1.165, 1.54) is 5.69 Å². The van der Waals surface area contributed by atoms with E-state index in [2.05, 4.69) is 50.4 Å². The van der Waals surface area contributed by atoms with Crippen LogP contribution in [0.25, 0.3) is 0 Å². The van der Waals surface area contributed by atoms with Gasteiger partial charge in [-0.25, -0.2) is 9.37 Å². The Morgan fingerprint density at radius 2 is 1.94 bits per heavy atom. The summed E-state index contributed by atoms with van der Waals surface area (Å²) < 4.78 is 14.4. The predicted octanol–water partition coefficient (Wildman–Crippen LogP) is 2.65. The van der Waals surface area contributed by atoms with E-state index in [1.54, 1.807) is 0 Å². The van der Waals surface area contributed by atoms with Crippen LogP contribution in [0.15, 0.2) is 36.5 Å². The third kappa shape index (κ3) is 4.99. The summed E-state index contributed by atoms with van der Waals surface area (Å²) in [5, 5.41) is 6.20. The molecule has 1 saturated heterocycles. The van der Waals surface area contributed by atoms with Crippen LogP contribution in [-0.2, 0) is 4.79 Å². The minimum Gasteiger partial charge on any atom is -0.369 e. The Balaban J connectivity index is 1.47. The Kier molecular flexibility index (Phi) is 6.55. The van der Waals surface area contributed by atoms with Crippen molar-refractivity contribution >= 4 is 29.0 Å². The van der Waals surface area contributed by atoms with Crippen LogP contribution in [0.2, 0.25) is 0 Å². The molecule has 2 aromatic rings. The molecule has 1 aliphatic heterocycles. The average molecular weight is 440 g/mol. The van der Waals surface area contributed by atoms with Gasteiger partial charge in [0.25, 0.3) is 0 Å². The first-order chi connectivity index (χ1) is 15.4. The number of rotatable bonds is 6. The molecule has 2 atom stereocenters. The largest absolute Gasteiger partial charge is 0.369 e. The third-order valence-electron chi connectivity index (χ3n) is 6.16. The number of amides is 1. The predicted molar refractivity (Wildman–Crippen MR) is 125 cm³/mol. The van der Waals surface area contributed by atoms with E-state index in [9.17, 15) is 9.18 Å². The van der Waals surface area contributed by atoms with E-state index in [1.807, 2.05) is 24.3 Å². The molecule has 2 aliphatic rings. The first-order valence-corrected chi connectivity index (χ1v) is 11.0. The number of allylic oxidation sites excluding steroid dienone is 1. The van der Waals surface area contributed by atoms with Gasteiger partial charge in [-0.3, -0.25) is 4.79 Å². The fourth-order valence-corrected chi connectivity index (χ4v) is 4.26. The molecule has 32 heavy (non-hydrogen) atoms. The van der Waals surface area contributed by atoms with Gasteiger partial charge in [-0.15, -0.1) is 0 Å². The van der Waals surface area contributed by atoms with Crippen molar-refractivity contribution in [1.82, 2.24) is 14.9 Å². The van der Waals surface area contributed by atoms with Gasteiger partial charge >= 0.3 is 0 Å². The molecular weight excluding hydrogens is 409 g/mol. The highest BCUT2D eigenvalue weighted by Gasteiger charge is 2.28. The second-order valence-electron chi connectivity index (χ2n) is 8.51. The summed E-state index contributed by atoms with van der Waals surface area (Å²) in [6, 6.07) is 5.81. The van der Waals surface area contributed by atoms with Crippen LogP contribution in [0.4, 0.5) is 27.5 Å². The van der Waals surface area contributed by atoms with E-state index in [0.29, 0.717) is 12.8 Å². The zero-order valence-corrected chi connectivity index (χ0v) is 18.5. The van der Waals surface area contributed by atoms with Gasteiger partial charge in [0.2, 0.25) is 11.9 Å². The number of nitrogens with two attached hydrogens (primary N) is 1. The molecule has 0 unspecified atom stereocenters. The summed E-state index contributed by atoms with van der Waals surface area (Å²) in [5.41, 5.74) is 8.71. The summed E-state index contributed by atoms with van der Waals surface area (Å²) >= 11 is 0. The molecule has 0 bridgehead atoms. The summed E-state index contributed by atoms with van der Waals surface area (Å²) in [7, 11) is 2.14. The molecule has 1 aliphatic carbocycles. The smallest absolute Gasteiger partial charge is 0.229 e. The highest BCUT2D eigenvalue weighted by molar-refractivity contribution is 5.78. The minimum atomic E-state index is -0.574. The number of primary amides is 1. The van der Waals surface area contributed by atoms with Crippen LogP contribution in [0.3, 0.4) is 0 Å². The lowest BCUT2D eigenvalue weighted by atomic mass is 9.88. The zero-order chi connectivity index (χ0) is 22.7. The van der Waals surface area contributed by atoms with Crippen LogP contribution < -0.4 is 21.3 Å². The number of likely N-dealkylation sites (N-methyl/N-ethyl adjacent to an activating group) is 1. The summed E-state index contributed by atoms with van der Waals surface area (Å²) in [4.78, 5) is 24.8. The Morgan fingerprint density at radius 1 is 1.19 bits per heavy atom. The number of anilines is 4. The standard InChI is InChI=1S/C23H30FN7O/c1-15-13-16(7-8-20(15)31-11-9-30(2)10-12-31)27-23-26-14-18(24)22(29-23)28-19-6-4-3-5-17(19)21(25)32/h3-4,7-8,13-14,17,19H,5-6,9-12H2,1-2H3,(H2,25,32)(H2,26,27,28,29)/t17-,19-/m1/s1. The summed E-state index contributed by atoms with van der Waals surface area (Å²) in [5.74, 6) is -1.05. The number of nitrogens with one attached hydrogen (secondary N) is 2. The zero-order valence-electron chi connectivity index (χ0n) is 18.5. The number of hydrogen-bond donors (Lipinski definition) is 3. The Bertz CT molecular complexity index is 1000. The molecule has 4 rings (SSSR count). The second kappa shape index (κ2) is 9.52. The quantitative estimate of drug-likeness (QED) is 0.595. The van der Waals surface area contributed by atoms with Crippen LogP contribution in [0.5, 0.6) is 0 Å². The van der Waals surface area contributed by atoms with Gasteiger partial charge in [0.1, 0.15) is 0 Å². The van der Waals surface area contributed by atoms with Gasteiger partial charge in [0.15, 0.2) is 11.6 Å². The van der Waals surface area contributed by atoms with Gasteiger partial charge in [-0.1, -0.05) is 12.2 Å². The van der Waals surface area contributed by atoms with Crippen molar-refractivity contribution in [3.63, 3.8) is 0 Å². The lowest BCUT2D eigenvalue weighted by Crippen LogP contribution is -2.44. The SMILES string of the molecule is Cc1cc(Nc2ncc(F)c(N[C@@H]3CC=CC[C@H]3C(N)=O)n2)ccc1N1CCN(C)CC1. The molecule has 1 fully saturated rings. The average Bonchev–Trinajstić information content (AvgIpc) is 2.77. The molecule has 9 heteroatoms. The van der Waals surface area contributed by atoms with Crippen molar-refractivity contribution < 1.29 is 9.18 Å². The molecular formula is C23H30FN7O. The fourth-order valence-electron chi connectivity index (χ4n) is 4.26. The van der Waals surface area contributed by atoms with Crippen LogP contribution in [0, 0.1) is 18.7 Å². The van der Waals surface area contributed by atoms with E-state index in [0.717, 1.165) is 43.6 Å². The number of nitrogens with zero attached hydrogens (tertiary/aromatic N) is 4. The molecule has 1 amide bonds. The number of hydrogen-bond acceptors (Lipinski definition) is 7. The maximum Gasteiger partial charge on any atom is 0.229 e. The highest BCUT2D eigenvalue weighted by Crippen LogP contribution is 2.27. The molecule has 1 aromatic carbocycles. The van der Waals surface area contributed by atoms with Gasteiger partial charge in [-0.2, -0.15) is 4.98 Å². The number of carbonyl (C=O) groups is 1. The first kappa shape index (κ1) is 22.0. The Hall–Kier alpha value is -3.20. The monoisotopic (exact) mass is 439 g/mol. The van der Waals surface area contributed by atoms with Gasteiger partial charge in [0.05, 0.1) is 12.1 Å². The second-order valence-corrected chi connectivity index (χ2v) is 8.51. The molecule has 170 valence electrons. The van der Waals surface area contributed by atoms with Crippen molar-refractivity contribution in [2.45, 2.75) is 25.8 Å². The Morgan fingerprint density at radius 3 is 2.66 bits per heavy atom. The van der Waals surface area contributed by atoms with E-state index >= 15 is 0 Å². The molecule has 8 nitrogen and oxygen atoms in total.